The lowest BCUT2D eigenvalue weighted by atomic mass is 10.1. The molecule has 0 saturated carbocycles. The summed E-state index contributed by atoms with van der Waals surface area (Å²) in [6, 6.07) is 2.43. The number of hydrogen-bond acceptors (Lipinski definition) is 1. The molecule has 0 spiro atoms. The number of unbranched alkanes of at least 4 members (excludes halogenated alkanes) is 3. The molecule has 0 radical (unpaired) electrons. The molecule has 0 N–H and O–H groups in total. The molecule has 0 aliphatic heterocycles. The van der Waals surface area contributed by atoms with E-state index in [1.807, 2.05) is 0 Å². The van der Waals surface area contributed by atoms with Crippen molar-refractivity contribution in [1.29, 1.82) is 0 Å². The molecule has 1 heterocycles. The maximum atomic E-state index is 12.6. The highest BCUT2D eigenvalue weighted by atomic mass is 19.4. The largest absolute Gasteiger partial charge is 0.418 e. The Hall–Kier alpha value is -1.06. The van der Waals surface area contributed by atoms with Crippen LogP contribution in [0.3, 0.4) is 0 Å². The van der Waals surface area contributed by atoms with Gasteiger partial charge in [-0.2, -0.15) is 13.2 Å². The monoisotopic (exact) mass is 231 g/mol. The van der Waals surface area contributed by atoms with E-state index in [0.717, 1.165) is 31.7 Å². The summed E-state index contributed by atoms with van der Waals surface area (Å²) in [5.74, 6) is 0. The van der Waals surface area contributed by atoms with Gasteiger partial charge in [0, 0.05) is 6.20 Å². The van der Waals surface area contributed by atoms with Gasteiger partial charge in [0.15, 0.2) is 0 Å². The highest BCUT2D eigenvalue weighted by Gasteiger charge is 2.33. The summed E-state index contributed by atoms with van der Waals surface area (Å²) >= 11 is 0. The van der Waals surface area contributed by atoms with Crippen LogP contribution >= 0.6 is 0 Å². The Kier molecular flexibility index (Phi) is 4.77. The van der Waals surface area contributed by atoms with Gasteiger partial charge in [-0.25, -0.2) is 0 Å². The van der Waals surface area contributed by atoms with Crippen molar-refractivity contribution in [3.05, 3.63) is 29.6 Å². The zero-order valence-electron chi connectivity index (χ0n) is 9.35. The summed E-state index contributed by atoms with van der Waals surface area (Å²) in [4.78, 5) is 3.82. The maximum absolute atomic E-state index is 12.6. The lowest BCUT2D eigenvalue weighted by molar-refractivity contribution is -0.138. The standard InChI is InChI=1S/C12H16F3N/c1-2-3-4-5-8-11-10(12(13,14)15)7-6-9-16-11/h6-7,9H,2-5,8H2,1H3. The second-order valence-corrected chi connectivity index (χ2v) is 3.81. The Morgan fingerprint density at radius 1 is 1.19 bits per heavy atom. The van der Waals surface area contributed by atoms with Crippen LogP contribution in [0.1, 0.15) is 43.9 Å². The van der Waals surface area contributed by atoms with Gasteiger partial charge in [0.2, 0.25) is 0 Å². The van der Waals surface area contributed by atoms with Gasteiger partial charge in [-0.1, -0.05) is 26.2 Å². The molecular formula is C12H16F3N. The summed E-state index contributed by atoms with van der Waals surface area (Å²) in [7, 11) is 0. The van der Waals surface area contributed by atoms with Crippen LogP contribution in [0.4, 0.5) is 13.2 Å². The van der Waals surface area contributed by atoms with Crippen LogP contribution in [0, 0.1) is 0 Å². The van der Waals surface area contributed by atoms with Crippen molar-refractivity contribution in [2.24, 2.45) is 0 Å². The zero-order chi connectivity index (χ0) is 12.0. The van der Waals surface area contributed by atoms with Crippen molar-refractivity contribution in [2.75, 3.05) is 0 Å². The van der Waals surface area contributed by atoms with E-state index >= 15 is 0 Å². The number of nitrogens with zero attached hydrogens (tertiary/aromatic N) is 1. The van der Waals surface area contributed by atoms with Crippen LogP contribution in [-0.2, 0) is 12.6 Å². The van der Waals surface area contributed by atoms with Crippen molar-refractivity contribution in [3.8, 4) is 0 Å². The fourth-order valence-electron chi connectivity index (χ4n) is 1.61. The molecule has 0 atom stereocenters. The Morgan fingerprint density at radius 3 is 2.56 bits per heavy atom. The van der Waals surface area contributed by atoms with Crippen LogP contribution < -0.4 is 0 Å². The third kappa shape index (κ3) is 3.83. The summed E-state index contributed by atoms with van der Waals surface area (Å²) < 4.78 is 37.8. The predicted octanol–water partition coefficient (Wildman–Crippen LogP) is 4.22. The molecule has 0 bridgehead atoms. The minimum absolute atomic E-state index is 0.172. The molecule has 0 saturated heterocycles. The Morgan fingerprint density at radius 2 is 1.94 bits per heavy atom. The maximum Gasteiger partial charge on any atom is 0.418 e. The van der Waals surface area contributed by atoms with Gasteiger partial charge >= 0.3 is 6.18 Å². The Balaban J connectivity index is 2.65. The molecule has 0 aromatic carbocycles. The van der Waals surface area contributed by atoms with E-state index < -0.39 is 11.7 Å². The van der Waals surface area contributed by atoms with Crippen molar-refractivity contribution in [1.82, 2.24) is 4.98 Å². The molecule has 0 aliphatic rings. The van der Waals surface area contributed by atoms with E-state index in [1.165, 1.54) is 12.3 Å². The number of halogens is 3. The average Bonchev–Trinajstić information content (AvgIpc) is 2.24. The SMILES string of the molecule is CCCCCCc1ncccc1C(F)(F)F. The predicted molar refractivity (Wildman–Crippen MR) is 57.1 cm³/mol. The van der Waals surface area contributed by atoms with Gasteiger partial charge in [0.25, 0.3) is 0 Å². The molecule has 16 heavy (non-hydrogen) atoms. The Labute approximate surface area is 93.7 Å². The smallest absolute Gasteiger partial charge is 0.261 e. The highest BCUT2D eigenvalue weighted by molar-refractivity contribution is 5.22. The van der Waals surface area contributed by atoms with Gasteiger partial charge < -0.3 is 0 Å². The van der Waals surface area contributed by atoms with Crippen LogP contribution in [-0.4, -0.2) is 4.98 Å². The molecule has 90 valence electrons. The average molecular weight is 231 g/mol. The second kappa shape index (κ2) is 5.87. The van der Waals surface area contributed by atoms with Crippen LogP contribution in [0.2, 0.25) is 0 Å². The first-order valence-electron chi connectivity index (χ1n) is 5.56. The van der Waals surface area contributed by atoms with E-state index in [0.29, 0.717) is 6.42 Å². The summed E-state index contributed by atoms with van der Waals surface area (Å²) in [6.45, 7) is 2.07. The quantitative estimate of drug-likeness (QED) is 0.691. The van der Waals surface area contributed by atoms with Gasteiger partial charge in [-0.15, -0.1) is 0 Å². The first kappa shape index (κ1) is 13.0. The van der Waals surface area contributed by atoms with Gasteiger partial charge in [-0.05, 0) is 25.0 Å². The van der Waals surface area contributed by atoms with E-state index in [-0.39, 0.29) is 5.69 Å². The minimum atomic E-state index is -4.28. The van der Waals surface area contributed by atoms with Crippen molar-refractivity contribution in [3.63, 3.8) is 0 Å². The first-order chi connectivity index (χ1) is 7.55. The van der Waals surface area contributed by atoms with Crippen LogP contribution in [0.15, 0.2) is 18.3 Å². The Bertz CT molecular complexity index is 320. The molecule has 1 rings (SSSR count). The van der Waals surface area contributed by atoms with Crippen molar-refractivity contribution >= 4 is 0 Å². The number of pyridine rings is 1. The molecule has 0 aliphatic carbocycles. The molecule has 4 heteroatoms. The fourth-order valence-corrected chi connectivity index (χ4v) is 1.61. The number of aryl methyl sites for hydroxylation is 1. The van der Waals surface area contributed by atoms with E-state index in [4.69, 9.17) is 0 Å². The third-order valence-corrected chi connectivity index (χ3v) is 2.46. The molecule has 0 fully saturated rings. The summed E-state index contributed by atoms with van der Waals surface area (Å²) in [5.41, 5.74) is -0.419. The van der Waals surface area contributed by atoms with Crippen molar-refractivity contribution < 1.29 is 13.2 Å². The normalized spacial score (nSPS) is 11.8. The minimum Gasteiger partial charge on any atom is -0.261 e. The number of alkyl halides is 3. The molecule has 0 unspecified atom stereocenters. The molecule has 1 aromatic rings. The third-order valence-electron chi connectivity index (χ3n) is 2.46. The second-order valence-electron chi connectivity index (χ2n) is 3.81. The number of rotatable bonds is 5. The van der Waals surface area contributed by atoms with E-state index in [1.54, 1.807) is 0 Å². The fraction of sp³-hybridized carbons (Fsp3) is 0.583. The van der Waals surface area contributed by atoms with Gasteiger partial charge in [0.1, 0.15) is 0 Å². The van der Waals surface area contributed by atoms with Gasteiger partial charge in [-0.3, -0.25) is 4.98 Å². The summed E-state index contributed by atoms with van der Waals surface area (Å²) in [5, 5.41) is 0. The van der Waals surface area contributed by atoms with Crippen LogP contribution in [0.25, 0.3) is 0 Å². The number of hydrogen-bond donors (Lipinski definition) is 0. The lowest BCUT2D eigenvalue weighted by Gasteiger charge is -2.11. The topological polar surface area (TPSA) is 12.9 Å². The molecular weight excluding hydrogens is 215 g/mol. The first-order valence-corrected chi connectivity index (χ1v) is 5.56. The molecule has 1 nitrogen and oxygen atoms in total. The van der Waals surface area contributed by atoms with E-state index in [9.17, 15) is 13.2 Å². The van der Waals surface area contributed by atoms with E-state index in [2.05, 4.69) is 11.9 Å². The molecule has 0 amide bonds. The zero-order valence-corrected chi connectivity index (χ0v) is 9.35. The lowest BCUT2D eigenvalue weighted by Crippen LogP contribution is -2.10. The highest BCUT2D eigenvalue weighted by Crippen LogP contribution is 2.31. The van der Waals surface area contributed by atoms with Crippen molar-refractivity contribution in [2.45, 2.75) is 45.2 Å². The summed E-state index contributed by atoms with van der Waals surface area (Å²) in [6.07, 6.45) is 1.43. The van der Waals surface area contributed by atoms with Gasteiger partial charge in [0.05, 0.1) is 11.3 Å². The van der Waals surface area contributed by atoms with Crippen LogP contribution in [0.5, 0.6) is 0 Å². The number of aromatic nitrogens is 1. The molecule has 1 aromatic heterocycles.